The van der Waals surface area contributed by atoms with Crippen LogP contribution in [-0.4, -0.2) is 28.9 Å². The summed E-state index contributed by atoms with van der Waals surface area (Å²) >= 11 is 0. The van der Waals surface area contributed by atoms with Crippen LogP contribution in [0.15, 0.2) is 17.6 Å². The van der Waals surface area contributed by atoms with Gasteiger partial charge in [-0.25, -0.2) is 4.79 Å². The molecule has 0 aromatic heterocycles. The van der Waals surface area contributed by atoms with E-state index in [4.69, 9.17) is 5.73 Å². The van der Waals surface area contributed by atoms with Crippen molar-refractivity contribution in [2.45, 2.75) is 45.1 Å². The highest BCUT2D eigenvalue weighted by molar-refractivity contribution is 6.05. The highest BCUT2D eigenvalue weighted by atomic mass is 16.2. The fourth-order valence-corrected chi connectivity index (χ4v) is 2.25. The average molecular weight is 223 g/mol. The van der Waals surface area contributed by atoms with Crippen LogP contribution >= 0.6 is 0 Å². The number of amidine groups is 1. The molecule has 4 nitrogen and oxygen atoms in total. The Labute approximate surface area is 97.2 Å². The first-order chi connectivity index (χ1) is 7.62. The topological polar surface area (TPSA) is 58.7 Å². The number of carbonyl (C=O) groups excluding carboxylic acids is 1. The number of hydrogen-bond donors (Lipinski definition) is 1. The molecule has 2 amide bonds. The van der Waals surface area contributed by atoms with Crippen molar-refractivity contribution in [1.29, 1.82) is 0 Å². The van der Waals surface area contributed by atoms with Gasteiger partial charge < -0.3 is 10.6 Å². The molecule has 1 unspecified atom stereocenters. The Morgan fingerprint density at radius 1 is 1.56 bits per heavy atom. The van der Waals surface area contributed by atoms with Crippen LogP contribution in [0.25, 0.3) is 0 Å². The summed E-state index contributed by atoms with van der Waals surface area (Å²) in [7, 11) is 0. The highest BCUT2D eigenvalue weighted by Gasteiger charge is 2.45. The summed E-state index contributed by atoms with van der Waals surface area (Å²) in [5.74, 6) is 0.468. The third-order valence-electron chi connectivity index (χ3n) is 3.28. The Morgan fingerprint density at radius 2 is 2.25 bits per heavy atom. The van der Waals surface area contributed by atoms with Crippen LogP contribution in [0.4, 0.5) is 4.79 Å². The molecular weight excluding hydrogens is 202 g/mol. The summed E-state index contributed by atoms with van der Waals surface area (Å²) in [5.41, 5.74) is 5.56. The van der Waals surface area contributed by atoms with Gasteiger partial charge in [-0.1, -0.05) is 32.8 Å². The van der Waals surface area contributed by atoms with Crippen molar-refractivity contribution in [3.63, 3.8) is 0 Å². The van der Waals surface area contributed by atoms with Crippen molar-refractivity contribution < 1.29 is 4.79 Å². The number of rotatable bonds is 6. The lowest BCUT2D eigenvalue weighted by molar-refractivity contribution is 0.170. The maximum absolute atomic E-state index is 11.7. The Kier molecular flexibility index (Phi) is 4.10. The van der Waals surface area contributed by atoms with Gasteiger partial charge in [-0.15, -0.1) is 6.58 Å². The quantitative estimate of drug-likeness (QED) is 0.702. The molecule has 2 N–H and O–H groups in total. The molecule has 0 spiro atoms. The van der Waals surface area contributed by atoms with E-state index in [1.807, 2.05) is 6.92 Å². The van der Waals surface area contributed by atoms with Gasteiger partial charge in [-0.2, -0.15) is 4.99 Å². The molecule has 0 saturated carbocycles. The van der Waals surface area contributed by atoms with Crippen LogP contribution < -0.4 is 5.73 Å². The maximum atomic E-state index is 11.7. The minimum Gasteiger partial charge on any atom is -0.385 e. The van der Waals surface area contributed by atoms with Gasteiger partial charge in [0, 0.05) is 6.54 Å². The summed E-state index contributed by atoms with van der Waals surface area (Å²) < 4.78 is 0. The number of hydrogen-bond acceptors (Lipinski definition) is 2. The highest BCUT2D eigenvalue weighted by Crippen LogP contribution is 2.31. The monoisotopic (exact) mass is 223 g/mol. The lowest BCUT2D eigenvalue weighted by Gasteiger charge is -2.36. The van der Waals surface area contributed by atoms with Crippen LogP contribution in [-0.2, 0) is 0 Å². The van der Waals surface area contributed by atoms with Gasteiger partial charge in [0.15, 0.2) is 0 Å². The number of nitrogens with two attached hydrogens (primary N) is 1. The molecule has 4 heteroatoms. The second-order valence-corrected chi connectivity index (χ2v) is 4.17. The Hall–Kier alpha value is -1.32. The minimum absolute atomic E-state index is 0.227. The van der Waals surface area contributed by atoms with Crippen LogP contribution in [0.3, 0.4) is 0 Å². The fourth-order valence-electron chi connectivity index (χ4n) is 2.25. The lowest BCUT2D eigenvalue weighted by atomic mass is 9.87. The van der Waals surface area contributed by atoms with Gasteiger partial charge in [-0.05, 0) is 12.8 Å². The fraction of sp³-hybridized carbons (Fsp3) is 0.667. The number of urea groups is 1. The van der Waals surface area contributed by atoms with Gasteiger partial charge in [0.2, 0.25) is 0 Å². The minimum atomic E-state index is -0.374. The van der Waals surface area contributed by atoms with Gasteiger partial charge >= 0.3 is 6.03 Å². The molecule has 90 valence electrons. The molecule has 0 aromatic carbocycles. The number of carbonyl (C=O) groups is 1. The van der Waals surface area contributed by atoms with E-state index < -0.39 is 0 Å². The van der Waals surface area contributed by atoms with E-state index in [1.54, 1.807) is 11.0 Å². The van der Waals surface area contributed by atoms with E-state index in [1.165, 1.54) is 0 Å². The summed E-state index contributed by atoms with van der Waals surface area (Å²) in [6.07, 6.45) is 5.55. The standard InChI is InChI=1S/C12H21N3O/c1-4-7-8-12(6-3)10(13)14-11(16)15(12)9-5-2/h5H,2,4,6-9H2,1,3H3,(H2,13,14,16). The molecule has 0 aliphatic carbocycles. The van der Waals surface area contributed by atoms with E-state index in [2.05, 4.69) is 18.5 Å². The number of aliphatic imine (C=N–C) groups is 1. The van der Waals surface area contributed by atoms with Gasteiger partial charge in [0.05, 0.1) is 0 Å². The number of nitrogens with zero attached hydrogens (tertiary/aromatic N) is 2. The van der Waals surface area contributed by atoms with Crippen molar-refractivity contribution in [3.8, 4) is 0 Å². The molecule has 1 aliphatic rings. The summed E-state index contributed by atoms with van der Waals surface area (Å²) in [5, 5.41) is 0. The van der Waals surface area contributed by atoms with Crippen LogP contribution in [0, 0.1) is 0 Å². The van der Waals surface area contributed by atoms with E-state index in [-0.39, 0.29) is 11.6 Å². The predicted molar refractivity (Wildman–Crippen MR) is 66.5 cm³/mol. The van der Waals surface area contributed by atoms with Crippen molar-refractivity contribution in [1.82, 2.24) is 4.90 Å². The first-order valence-corrected chi connectivity index (χ1v) is 5.89. The molecule has 16 heavy (non-hydrogen) atoms. The van der Waals surface area contributed by atoms with Crippen LogP contribution in [0.2, 0.25) is 0 Å². The third-order valence-corrected chi connectivity index (χ3v) is 3.28. The van der Waals surface area contributed by atoms with Crippen LogP contribution in [0.1, 0.15) is 39.5 Å². The lowest BCUT2D eigenvalue weighted by Crippen LogP contribution is -2.53. The largest absolute Gasteiger partial charge is 0.385 e. The van der Waals surface area contributed by atoms with Gasteiger partial charge in [0.1, 0.15) is 11.4 Å². The molecule has 0 radical (unpaired) electrons. The Balaban J connectivity index is 2.96. The first-order valence-electron chi connectivity index (χ1n) is 5.89. The molecular formula is C12H21N3O. The third kappa shape index (κ3) is 1.96. The normalized spacial score (nSPS) is 24.8. The molecule has 1 aliphatic heterocycles. The second-order valence-electron chi connectivity index (χ2n) is 4.17. The molecule has 0 bridgehead atoms. The van der Waals surface area contributed by atoms with Crippen molar-refractivity contribution in [2.24, 2.45) is 10.7 Å². The summed E-state index contributed by atoms with van der Waals surface area (Å²) in [6, 6.07) is -0.227. The van der Waals surface area contributed by atoms with E-state index in [9.17, 15) is 4.79 Å². The molecule has 1 atom stereocenters. The summed E-state index contributed by atoms with van der Waals surface area (Å²) in [4.78, 5) is 17.4. The first kappa shape index (κ1) is 12.7. The predicted octanol–water partition coefficient (Wildman–Crippen LogP) is 2.30. The van der Waals surface area contributed by atoms with Crippen molar-refractivity contribution in [3.05, 3.63) is 12.7 Å². The van der Waals surface area contributed by atoms with E-state index in [0.29, 0.717) is 12.4 Å². The zero-order valence-electron chi connectivity index (χ0n) is 10.2. The molecule has 1 heterocycles. The molecule has 0 saturated heterocycles. The Morgan fingerprint density at radius 3 is 2.75 bits per heavy atom. The zero-order chi connectivity index (χ0) is 12.2. The Bertz CT molecular complexity index is 311. The molecule has 0 fully saturated rings. The van der Waals surface area contributed by atoms with Gasteiger partial charge in [0.25, 0.3) is 0 Å². The van der Waals surface area contributed by atoms with Crippen LogP contribution in [0.5, 0.6) is 0 Å². The van der Waals surface area contributed by atoms with Crippen molar-refractivity contribution in [2.75, 3.05) is 6.54 Å². The zero-order valence-corrected chi connectivity index (χ0v) is 10.2. The average Bonchev–Trinajstić information content (AvgIpc) is 2.50. The maximum Gasteiger partial charge on any atom is 0.346 e. The molecule has 1 rings (SSSR count). The van der Waals surface area contributed by atoms with E-state index >= 15 is 0 Å². The second kappa shape index (κ2) is 5.14. The van der Waals surface area contributed by atoms with Crippen molar-refractivity contribution >= 4 is 11.9 Å². The smallest absolute Gasteiger partial charge is 0.346 e. The SMILES string of the molecule is C=CCN1C(=O)N=C(N)C1(CC)CCCC. The molecule has 0 aromatic rings. The van der Waals surface area contributed by atoms with E-state index in [0.717, 1.165) is 25.7 Å². The number of unbranched alkanes of at least 4 members (excludes halogenated alkanes) is 1. The van der Waals surface area contributed by atoms with Gasteiger partial charge in [-0.3, -0.25) is 0 Å². The summed E-state index contributed by atoms with van der Waals surface area (Å²) in [6.45, 7) is 8.37. The number of amides is 2.